The van der Waals surface area contributed by atoms with Gasteiger partial charge in [0.15, 0.2) is 0 Å². The van der Waals surface area contributed by atoms with Crippen LogP contribution in [-0.4, -0.2) is 32.2 Å². The van der Waals surface area contributed by atoms with E-state index in [9.17, 15) is 4.79 Å². The minimum Gasteiger partial charge on any atom is -0.381 e. The number of benzene rings is 3. The van der Waals surface area contributed by atoms with Gasteiger partial charge in [-0.1, -0.05) is 60.7 Å². The van der Waals surface area contributed by atoms with Crippen LogP contribution in [0.4, 0.5) is 5.69 Å². The topological polar surface area (TPSA) is 41.6 Å². The fourth-order valence-electron chi connectivity index (χ4n) is 4.04. The number of anilines is 1. The molecule has 1 N–H and O–H groups in total. The zero-order valence-corrected chi connectivity index (χ0v) is 17.3. The van der Waals surface area contributed by atoms with Gasteiger partial charge in [-0.2, -0.15) is 0 Å². The van der Waals surface area contributed by atoms with Crippen molar-refractivity contribution < 1.29 is 9.53 Å². The predicted octanol–water partition coefficient (Wildman–Crippen LogP) is 4.82. The van der Waals surface area contributed by atoms with Crippen molar-refractivity contribution in [3.63, 3.8) is 0 Å². The van der Waals surface area contributed by atoms with Crippen molar-refractivity contribution >= 4 is 11.6 Å². The molecule has 0 saturated carbocycles. The summed E-state index contributed by atoms with van der Waals surface area (Å²) in [4.78, 5) is 15.4. The van der Waals surface area contributed by atoms with Crippen molar-refractivity contribution in [1.82, 2.24) is 5.32 Å². The summed E-state index contributed by atoms with van der Waals surface area (Å²) in [6.07, 6.45) is 2.43. The lowest BCUT2D eigenvalue weighted by molar-refractivity contribution is 0.0819. The highest BCUT2D eigenvalue weighted by molar-refractivity contribution is 5.95. The van der Waals surface area contributed by atoms with E-state index in [1.54, 1.807) is 7.11 Å². The molecule has 0 atom stereocenters. The molecule has 1 aliphatic heterocycles. The summed E-state index contributed by atoms with van der Waals surface area (Å²) in [6, 6.07) is 27.9. The molecule has 0 spiro atoms. The number of rotatable bonds is 6. The molecule has 3 aromatic carbocycles. The Hall–Kier alpha value is -3.11. The molecular formula is C26H28N2O2. The van der Waals surface area contributed by atoms with E-state index in [-0.39, 0.29) is 11.9 Å². The molecule has 0 aromatic heterocycles. The van der Waals surface area contributed by atoms with E-state index < -0.39 is 0 Å². The van der Waals surface area contributed by atoms with Crippen LogP contribution in [0.25, 0.3) is 0 Å². The van der Waals surface area contributed by atoms with Gasteiger partial charge in [-0.05, 0) is 48.2 Å². The Morgan fingerprint density at radius 2 is 1.40 bits per heavy atom. The van der Waals surface area contributed by atoms with Crippen molar-refractivity contribution in [2.75, 3.05) is 25.1 Å². The van der Waals surface area contributed by atoms with Gasteiger partial charge in [-0.25, -0.2) is 0 Å². The monoisotopic (exact) mass is 400 g/mol. The van der Waals surface area contributed by atoms with Gasteiger partial charge in [0.25, 0.3) is 5.91 Å². The van der Waals surface area contributed by atoms with E-state index in [1.807, 2.05) is 84.9 Å². The van der Waals surface area contributed by atoms with Crippen LogP contribution >= 0.6 is 0 Å². The normalized spacial score (nSPS) is 14.7. The van der Waals surface area contributed by atoms with Crippen LogP contribution in [0, 0.1) is 0 Å². The zero-order valence-electron chi connectivity index (χ0n) is 17.3. The molecule has 154 valence electrons. The Labute approximate surface area is 178 Å². The van der Waals surface area contributed by atoms with Gasteiger partial charge in [-0.15, -0.1) is 0 Å². The molecule has 4 nitrogen and oxygen atoms in total. The van der Waals surface area contributed by atoms with E-state index in [0.29, 0.717) is 11.7 Å². The minimum atomic E-state index is -0.187. The third kappa shape index (κ3) is 4.71. The van der Waals surface area contributed by atoms with E-state index in [2.05, 4.69) is 10.2 Å². The van der Waals surface area contributed by atoms with Gasteiger partial charge in [0.1, 0.15) is 0 Å². The maximum Gasteiger partial charge on any atom is 0.252 e. The standard InChI is InChI=1S/C26H28N2O2/c1-30-24-16-18-28(19-17-24)23-14-12-22(13-15-23)26(29)27-25(20-8-4-2-5-9-20)21-10-6-3-7-11-21/h2-15,24-25H,16-19H2,1H3,(H,27,29). The number of hydrogen-bond acceptors (Lipinski definition) is 3. The molecule has 1 saturated heterocycles. The smallest absolute Gasteiger partial charge is 0.252 e. The van der Waals surface area contributed by atoms with Gasteiger partial charge < -0.3 is 15.0 Å². The second kappa shape index (κ2) is 9.59. The molecule has 0 bridgehead atoms. The first-order chi connectivity index (χ1) is 14.7. The molecule has 0 radical (unpaired) electrons. The third-order valence-electron chi connectivity index (χ3n) is 5.81. The lowest BCUT2D eigenvalue weighted by atomic mass is 9.98. The first-order valence-electron chi connectivity index (χ1n) is 10.5. The number of carbonyl (C=O) groups is 1. The predicted molar refractivity (Wildman–Crippen MR) is 121 cm³/mol. The van der Waals surface area contributed by atoms with E-state index in [4.69, 9.17) is 4.74 Å². The third-order valence-corrected chi connectivity index (χ3v) is 5.81. The second-order valence-electron chi connectivity index (χ2n) is 7.70. The van der Waals surface area contributed by atoms with E-state index >= 15 is 0 Å². The number of hydrogen-bond donors (Lipinski definition) is 1. The average molecular weight is 401 g/mol. The quantitative estimate of drug-likeness (QED) is 0.645. The van der Waals surface area contributed by atoms with E-state index in [0.717, 1.165) is 42.7 Å². The van der Waals surface area contributed by atoms with Crippen LogP contribution in [-0.2, 0) is 4.74 Å². The molecule has 30 heavy (non-hydrogen) atoms. The summed E-state index contributed by atoms with van der Waals surface area (Å²) in [5.74, 6) is -0.0719. The molecule has 0 unspecified atom stereocenters. The SMILES string of the molecule is COC1CCN(c2ccc(C(=O)NC(c3ccccc3)c3ccccc3)cc2)CC1. The lowest BCUT2D eigenvalue weighted by Crippen LogP contribution is -2.36. The number of amides is 1. The Bertz CT molecular complexity index is 894. The van der Waals surface area contributed by atoms with Crippen LogP contribution in [0.3, 0.4) is 0 Å². The number of carbonyl (C=O) groups excluding carboxylic acids is 1. The maximum absolute atomic E-state index is 13.0. The number of piperidine rings is 1. The van der Waals surface area contributed by atoms with Crippen LogP contribution < -0.4 is 10.2 Å². The molecule has 1 fully saturated rings. The Morgan fingerprint density at radius 3 is 1.90 bits per heavy atom. The van der Waals surface area contributed by atoms with Gasteiger partial charge in [0, 0.05) is 31.5 Å². The molecule has 1 amide bonds. The van der Waals surface area contributed by atoms with Crippen LogP contribution in [0.2, 0.25) is 0 Å². The summed E-state index contributed by atoms with van der Waals surface area (Å²) in [7, 11) is 1.78. The minimum absolute atomic E-state index is 0.0719. The summed E-state index contributed by atoms with van der Waals surface area (Å²) in [5.41, 5.74) is 3.95. The van der Waals surface area contributed by atoms with Crippen molar-refractivity contribution in [1.29, 1.82) is 0 Å². The Morgan fingerprint density at radius 1 is 0.867 bits per heavy atom. The first-order valence-corrected chi connectivity index (χ1v) is 10.5. The zero-order chi connectivity index (χ0) is 20.8. The first kappa shape index (κ1) is 20.2. The molecule has 1 heterocycles. The van der Waals surface area contributed by atoms with Gasteiger partial charge in [0.05, 0.1) is 12.1 Å². The van der Waals surface area contributed by atoms with Crippen molar-refractivity contribution in [2.24, 2.45) is 0 Å². The summed E-state index contributed by atoms with van der Waals surface area (Å²) in [5, 5.41) is 3.21. The van der Waals surface area contributed by atoms with Crippen molar-refractivity contribution in [2.45, 2.75) is 25.0 Å². The highest BCUT2D eigenvalue weighted by Gasteiger charge is 2.20. The average Bonchev–Trinajstić information content (AvgIpc) is 2.83. The van der Waals surface area contributed by atoms with Crippen LogP contribution in [0.15, 0.2) is 84.9 Å². The van der Waals surface area contributed by atoms with Crippen molar-refractivity contribution in [3.05, 3.63) is 102 Å². The summed E-state index contributed by atoms with van der Waals surface area (Å²) >= 11 is 0. The summed E-state index contributed by atoms with van der Waals surface area (Å²) < 4.78 is 5.46. The molecular weight excluding hydrogens is 372 g/mol. The number of nitrogens with zero attached hydrogens (tertiary/aromatic N) is 1. The fourth-order valence-corrected chi connectivity index (χ4v) is 4.04. The van der Waals surface area contributed by atoms with Gasteiger partial charge in [-0.3, -0.25) is 4.79 Å². The van der Waals surface area contributed by atoms with Crippen LogP contribution in [0.1, 0.15) is 40.4 Å². The van der Waals surface area contributed by atoms with Crippen LogP contribution in [0.5, 0.6) is 0 Å². The fraction of sp³-hybridized carbons (Fsp3) is 0.269. The second-order valence-corrected chi connectivity index (χ2v) is 7.70. The van der Waals surface area contributed by atoms with E-state index in [1.165, 1.54) is 0 Å². The largest absolute Gasteiger partial charge is 0.381 e. The number of nitrogens with one attached hydrogen (secondary N) is 1. The molecule has 1 aliphatic rings. The van der Waals surface area contributed by atoms with Gasteiger partial charge in [0.2, 0.25) is 0 Å². The number of methoxy groups -OCH3 is 1. The molecule has 3 aromatic rings. The van der Waals surface area contributed by atoms with Crippen molar-refractivity contribution in [3.8, 4) is 0 Å². The maximum atomic E-state index is 13.0. The summed E-state index contributed by atoms with van der Waals surface area (Å²) in [6.45, 7) is 1.96. The number of ether oxygens (including phenoxy) is 1. The molecule has 0 aliphatic carbocycles. The Balaban J connectivity index is 1.48. The van der Waals surface area contributed by atoms with Gasteiger partial charge >= 0.3 is 0 Å². The lowest BCUT2D eigenvalue weighted by Gasteiger charge is -2.33. The Kier molecular flexibility index (Phi) is 6.45. The highest BCUT2D eigenvalue weighted by Crippen LogP contribution is 2.24. The highest BCUT2D eigenvalue weighted by atomic mass is 16.5. The molecule has 4 heteroatoms. The molecule has 4 rings (SSSR count).